The zero-order valence-electron chi connectivity index (χ0n) is 10.8. The summed E-state index contributed by atoms with van der Waals surface area (Å²) < 4.78 is 0. The lowest BCUT2D eigenvalue weighted by molar-refractivity contribution is -0.138. The predicted molar refractivity (Wildman–Crippen MR) is 75.6 cm³/mol. The molecule has 1 aromatic heterocycles. The summed E-state index contributed by atoms with van der Waals surface area (Å²) in [6.07, 6.45) is 0. The van der Waals surface area contributed by atoms with Crippen LogP contribution in [0, 0.1) is 12.3 Å². The molecular weight excluding hydrogens is 256 g/mol. The number of rotatable bonds is 4. The number of carbonyl (C=O) groups is 1. The first-order valence-corrected chi connectivity index (χ1v) is 6.25. The van der Waals surface area contributed by atoms with Crippen LogP contribution in [0.25, 0.3) is 0 Å². The van der Waals surface area contributed by atoms with Crippen molar-refractivity contribution in [2.45, 2.75) is 27.3 Å². The van der Waals surface area contributed by atoms with Crippen molar-refractivity contribution in [3.63, 3.8) is 0 Å². The van der Waals surface area contributed by atoms with Crippen LogP contribution in [0.4, 0.5) is 0 Å². The molecule has 0 atom stereocenters. The van der Waals surface area contributed by atoms with Gasteiger partial charge in [-0.3, -0.25) is 4.79 Å². The third-order valence-corrected chi connectivity index (χ3v) is 3.79. The smallest absolute Gasteiger partial charge is 0.229 e. The fraction of sp³-hybridized carbons (Fsp3) is 0.583. The number of halogens is 1. The number of thiophene rings is 1. The van der Waals surface area contributed by atoms with E-state index in [1.165, 1.54) is 10.4 Å². The Morgan fingerprint density at radius 1 is 1.53 bits per heavy atom. The van der Waals surface area contributed by atoms with E-state index in [-0.39, 0.29) is 18.3 Å². The molecule has 1 rings (SSSR count). The quantitative estimate of drug-likeness (QED) is 0.918. The van der Waals surface area contributed by atoms with Crippen LogP contribution in [-0.2, 0) is 11.3 Å². The van der Waals surface area contributed by atoms with Crippen LogP contribution in [0.15, 0.2) is 11.4 Å². The number of aryl methyl sites for hydroxylation is 1. The minimum absolute atomic E-state index is 0. The first-order valence-electron chi connectivity index (χ1n) is 5.37. The molecule has 0 saturated carbocycles. The summed E-state index contributed by atoms with van der Waals surface area (Å²) in [6.45, 7) is 6.88. The summed E-state index contributed by atoms with van der Waals surface area (Å²) in [4.78, 5) is 15.1. The highest BCUT2D eigenvalue weighted by molar-refractivity contribution is 7.10. The van der Waals surface area contributed by atoms with Gasteiger partial charge in [0.1, 0.15) is 0 Å². The minimum atomic E-state index is -0.472. The normalized spacial score (nSPS) is 10.9. The first-order chi connectivity index (χ1) is 7.38. The van der Waals surface area contributed by atoms with Gasteiger partial charge in [0.15, 0.2) is 0 Å². The van der Waals surface area contributed by atoms with Gasteiger partial charge in [-0.2, -0.15) is 0 Å². The summed E-state index contributed by atoms with van der Waals surface area (Å²) in [5.74, 6) is 0.0998. The van der Waals surface area contributed by atoms with Gasteiger partial charge in [-0.1, -0.05) is 0 Å². The standard InChI is InChI=1S/C12H20N2OS.ClH/c1-9-5-6-16-10(9)7-14(4)11(15)12(2,3)8-13;/h5-6H,7-8,13H2,1-4H3;1H. The van der Waals surface area contributed by atoms with E-state index in [0.29, 0.717) is 13.1 Å². The van der Waals surface area contributed by atoms with Crippen molar-refractivity contribution in [2.24, 2.45) is 11.1 Å². The average Bonchev–Trinajstić information content (AvgIpc) is 2.63. The second kappa shape index (κ2) is 6.38. The third-order valence-electron chi connectivity index (χ3n) is 2.78. The van der Waals surface area contributed by atoms with Crippen molar-refractivity contribution < 1.29 is 4.79 Å². The number of hydrogen-bond donors (Lipinski definition) is 1. The number of carbonyl (C=O) groups excluding carboxylic acids is 1. The monoisotopic (exact) mass is 276 g/mol. The molecule has 0 fully saturated rings. The lowest BCUT2D eigenvalue weighted by Gasteiger charge is -2.28. The van der Waals surface area contributed by atoms with Crippen LogP contribution in [-0.4, -0.2) is 24.4 Å². The summed E-state index contributed by atoms with van der Waals surface area (Å²) in [7, 11) is 1.83. The molecule has 0 radical (unpaired) electrons. The molecule has 1 heterocycles. The molecule has 0 aliphatic heterocycles. The maximum absolute atomic E-state index is 12.1. The van der Waals surface area contributed by atoms with E-state index in [9.17, 15) is 4.79 Å². The van der Waals surface area contributed by atoms with Gasteiger partial charge in [0.2, 0.25) is 5.91 Å². The second-order valence-electron chi connectivity index (χ2n) is 4.78. The minimum Gasteiger partial charge on any atom is -0.340 e. The van der Waals surface area contributed by atoms with E-state index in [2.05, 4.69) is 18.4 Å². The van der Waals surface area contributed by atoms with Crippen molar-refractivity contribution in [1.29, 1.82) is 0 Å². The highest BCUT2D eigenvalue weighted by Crippen LogP contribution is 2.21. The van der Waals surface area contributed by atoms with Gasteiger partial charge in [-0.15, -0.1) is 23.7 Å². The van der Waals surface area contributed by atoms with Crippen LogP contribution in [0.2, 0.25) is 0 Å². The largest absolute Gasteiger partial charge is 0.340 e. The van der Waals surface area contributed by atoms with E-state index in [4.69, 9.17) is 5.73 Å². The van der Waals surface area contributed by atoms with E-state index >= 15 is 0 Å². The maximum Gasteiger partial charge on any atom is 0.229 e. The molecular formula is C12H21ClN2OS. The van der Waals surface area contributed by atoms with Crippen LogP contribution >= 0.6 is 23.7 Å². The van der Waals surface area contributed by atoms with Gasteiger partial charge >= 0.3 is 0 Å². The lowest BCUT2D eigenvalue weighted by atomic mass is 9.92. The summed E-state index contributed by atoms with van der Waals surface area (Å²) >= 11 is 1.69. The predicted octanol–water partition coefficient (Wildman–Crippen LogP) is 2.42. The SMILES string of the molecule is Cc1ccsc1CN(C)C(=O)C(C)(C)CN.Cl. The van der Waals surface area contributed by atoms with Crippen molar-refractivity contribution >= 4 is 29.7 Å². The van der Waals surface area contributed by atoms with Crippen LogP contribution in [0.5, 0.6) is 0 Å². The number of nitrogens with zero attached hydrogens (tertiary/aromatic N) is 1. The number of nitrogens with two attached hydrogens (primary N) is 1. The van der Waals surface area contributed by atoms with Crippen LogP contribution in [0.1, 0.15) is 24.3 Å². The van der Waals surface area contributed by atoms with Crippen LogP contribution in [0.3, 0.4) is 0 Å². The highest BCUT2D eigenvalue weighted by atomic mass is 35.5. The fourth-order valence-corrected chi connectivity index (χ4v) is 2.42. The molecule has 0 aliphatic carbocycles. The van der Waals surface area contributed by atoms with Gasteiger partial charge < -0.3 is 10.6 Å². The molecule has 1 amide bonds. The topological polar surface area (TPSA) is 46.3 Å². The Morgan fingerprint density at radius 2 is 2.12 bits per heavy atom. The Balaban J connectivity index is 0.00000256. The molecule has 5 heteroatoms. The van der Waals surface area contributed by atoms with E-state index in [0.717, 1.165) is 0 Å². The fourth-order valence-electron chi connectivity index (χ4n) is 1.46. The van der Waals surface area contributed by atoms with E-state index < -0.39 is 5.41 Å². The molecule has 0 aliphatic rings. The Kier molecular flexibility index (Phi) is 6.16. The van der Waals surface area contributed by atoms with E-state index in [1.807, 2.05) is 20.9 Å². The lowest BCUT2D eigenvalue weighted by Crippen LogP contribution is -2.42. The molecule has 2 N–H and O–H groups in total. The number of amides is 1. The summed E-state index contributed by atoms with van der Waals surface area (Å²) in [5, 5.41) is 2.05. The molecule has 0 unspecified atom stereocenters. The van der Waals surface area contributed by atoms with Crippen molar-refractivity contribution in [3.8, 4) is 0 Å². The second-order valence-corrected chi connectivity index (χ2v) is 5.78. The van der Waals surface area contributed by atoms with Gasteiger partial charge in [-0.25, -0.2) is 0 Å². The molecule has 3 nitrogen and oxygen atoms in total. The van der Waals surface area contributed by atoms with E-state index in [1.54, 1.807) is 16.2 Å². The first kappa shape index (κ1) is 16.4. The number of hydrogen-bond acceptors (Lipinski definition) is 3. The molecule has 17 heavy (non-hydrogen) atoms. The Hall–Kier alpha value is -0.580. The molecule has 0 saturated heterocycles. The Morgan fingerprint density at radius 3 is 2.53 bits per heavy atom. The van der Waals surface area contributed by atoms with Crippen molar-refractivity contribution in [3.05, 3.63) is 21.9 Å². The maximum atomic E-state index is 12.1. The van der Waals surface area contributed by atoms with Gasteiger partial charge in [0.05, 0.1) is 12.0 Å². The molecule has 98 valence electrons. The third kappa shape index (κ3) is 3.98. The van der Waals surface area contributed by atoms with Gasteiger partial charge in [0.25, 0.3) is 0 Å². The Bertz CT molecular complexity index is 376. The average molecular weight is 277 g/mol. The Labute approximate surface area is 113 Å². The molecule has 0 aromatic carbocycles. The zero-order valence-corrected chi connectivity index (χ0v) is 12.5. The molecule has 1 aromatic rings. The molecule has 0 spiro atoms. The summed E-state index contributed by atoms with van der Waals surface area (Å²) in [6, 6.07) is 2.08. The van der Waals surface area contributed by atoms with Crippen molar-refractivity contribution in [2.75, 3.05) is 13.6 Å². The highest BCUT2D eigenvalue weighted by Gasteiger charge is 2.29. The van der Waals surface area contributed by atoms with Crippen molar-refractivity contribution in [1.82, 2.24) is 4.90 Å². The molecule has 0 bridgehead atoms. The van der Waals surface area contributed by atoms with Gasteiger partial charge in [0, 0.05) is 18.5 Å². The van der Waals surface area contributed by atoms with Crippen LogP contribution < -0.4 is 5.73 Å². The summed E-state index contributed by atoms with van der Waals surface area (Å²) in [5.41, 5.74) is 6.38. The zero-order chi connectivity index (χ0) is 12.3. The van der Waals surface area contributed by atoms with Gasteiger partial charge in [-0.05, 0) is 37.8 Å².